The lowest BCUT2D eigenvalue weighted by atomic mass is 10.2. The third-order valence-electron chi connectivity index (χ3n) is 2.83. The largest absolute Gasteiger partial charge is 0.489 e. The van der Waals surface area contributed by atoms with E-state index >= 15 is 0 Å². The summed E-state index contributed by atoms with van der Waals surface area (Å²) in [5.74, 6) is 0.603. The Hall–Kier alpha value is -2.33. The molecule has 3 rings (SSSR count). The van der Waals surface area contributed by atoms with Crippen molar-refractivity contribution in [3.05, 3.63) is 69.8 Å². The zero-order valence-electron chi connectivity index (χ0n) is 10.4. The van der Waals surface area contributed by atoms with E-state index in [9.17, 15) is 4.79 Å². The first kappa shape index (κ1) is 12.7. The fourth-order valence-corrected chi connectivity index (χ4v) is 1.92. The summed E-state index contributed by atoms with van der Waals surface area (Å²) < 4.78 is 10.9. The maximum atomic E-state index is 11.7. The van der Waals surface area contributed by atoms with Crippen LogP contribution in [-0.2, 0) is 6.61 Å². The predicted octanol–water partition coefficient (Wildman–Crippen LogP) is 3.42. The summed E-state index contributed by atoms with van der Waals surface area (Å²) in [6, 6.07) is 10.1. The van der Waals surface area contributed by atoms with Crippen LogP contribution in [0, 0.1) is 0 Å². The molecule has 0 aliphatic heterocycles. The van der Waals surface area contributed by atoms with Crippen molar-refractivity contribution in [1.29, 1.82) is 0 Å². The molecule has 0 fully saturated rings. The van der Waals surface area contributed by atoms with Crippen molar-refractivity contribution in [2.24, 2.45) is 0 Å². The number of nitrogens with zero attached hydrogens (tertiary/aromatic N) is 1. The smallest absolute Gasteiger partial charge is 0.192 e. The molecule has 0 saturated carbocycles. The van der Waals surface area contributed by atoms with Gasteiger partial charge in [0, 0.05) is 17.8 Å². The molecule has 3 aromatic rings. The van der Waals surface area contributed by atoms with Gasteiger partial charge in [-0.3, -0.25) is 4.79 Å². The van der Waals surface area contributed by atoms with Crippen molar-refractivity contribution in [2.45, 2.75) is 6.61 Å². The van der Waals surface area contributed by atoms with Crippen LogP contribution in [0.15, 0.2) is 58.1 Å². The average Bonchev–Trinajstić information content (AvgIpc) is 2.47. The number of halogens is 1. The van der Waals surface area contributed by atoms with Gasteiger partial charge in [0.15, 0.2) is 5.43 Å². The van der Waals surface area contributed by atoms with Gasteiger partial charge in [0.2, 0.25) is 0 Å². The molecule has 2 heterocycles. The van der Waals surface area contributed by atoms with E-state index < -0.39 is 0 Å². The number of ether oxygens (including phenoxy) is 1. The lowest BCUT2D eigenvalue weighted by Crippen LogP contribution is -2.00. The molecule has 0 atom stereocenters. The first-order valence-electron chi connectivity index (χ1n) is 5.97. The molecule has 4 nitrogen and oxygen atoms in total. The Balaban J connectivity index is 1.82. The second-order valence-electron chi connectivity index (χ2n) is 4.22. The number of hydrogen-bond acceptors (Lipinski definition) is 4. The summed E-state index contributed by atoms with van der Waals surface area (Å²) in [4.78, 5) is 15.7. The predicted molar refractivity (Wildman–Crippen MR) is 76.1 cm³/mol. The number of pyridine rings is 1. The fraction of sp³-hybridized carbons (Fsp3) is 0.0667. The first-order valence-corrected chi connectivity index (χ1v) is 6.35. The van der Waals surface area contributed by atoms with Crippen LogP contribution < -0.4 is 10.2 Å². The molecule has 0 saturated heterocycles. The normalized spacial score (nSPS) is 10.7. The number of rotatable bonds is 3. The minimum Gasteiger partial charge on any atom is -0.489 e. The van der Waals surface area contributed by atoms with Gasteiger partial charge >= 0.3 is 0 Å². The highest BCUT2D eigenvalue weighted by Gasteiger charge is 2.03. The second kappa shape index (κ2) is 5.35. The molecule has 0 aliphatic carbocycles. The van der Waals surface area contributed by atoms with Gasteiger partial charge in [0.25, 0.3) is 0 Å². The zero-order valence-corrected chi connectivity index (χ0v) is 11.1. The molecule has 0 aliphatic rings. The molecular weight excluding hydrogens is 278 g/mol. The van der Waals surface area contributed by atoms with Crippen LogP contribution >= 0.6 is 11.6 Å². The van der Waals surface area contributed by atoms with Gasteiger partial charge in [-0.25, -0.2) is 4.98 Å². The molecule has 20 heavy (non-hydrogen) atoms. The standard InChI is InChI=1S/C15H10ClNO3/c16-15-4-1-10(8-17-15)9-20-11-2-3-14-12(7-11)13(18)5-6-19-14/h1-8H,9H2. The van der Waals surface area contributed by atoms with E-state index in [0.29, 0.717) is 28.5 Å². The molecule has 0 bridgehead atoms. The van der Waals surface area contributed by atoms with Crippen molar-refractivity contribution in [1.82, 2.24) is 4.98 Å². The molecular formula is C15H10ClNO3. The van der Waals surface area contributed by atoms with Gasteiger partial charge < -0.3 is 9.15 Å². The number of fused-ring (bicyclic) bond motifs is 1. The SMILES string of the molecule is O=c1ccoc2ccc(OCc3ccc(Cl)nc3)cc12. The van der Waals surface area contributed by atoms with Crippen LogP contribution in [-0.4, -0.2) is 4.98 Å². The molecule has 5 heteroatoms. The first-order chi connectivity index (χ1) is 9.72. The summed E-state index contributed by atoms with van der Waals surface area (Å²) in [5.41, 5.74) is 1.34. The number of hydrogen-bond donors (Lipinski definition) is 0. The molecule has 0 unspecified atom stereocenters. The summed E-state index contributed by atoms with van der Waals surface area (Å²) >= 11 is 5.71. The monoisotopic (exact) mass is 287 g/mol. The summed E-state index contributed by atoms with van der Waals surface area (Å²) in [5, 5.41) is 0.941. The van der Waals surface area contributed by atoms with Crippen LogP contribution in [0.1, 0.15) is 5.56 Å². The second-order valence-corrected chi connectivity index (χ2v) is 4.61. The van der Waals surface area contributed by atoms with E-state index in [-0.39, 0.29) is 5.43 Å². The molecule has 0 radical (unpaired) electrons. The molecule has 1 aromatic carbocycles. The topological polar surface area (TPSA) is 52.3 Å². The van der Waals surface area contributed by atoms with Gasteiger partial charge in [-0.2, -0.15) is 0 Å². The highest BCUT2D eigenvalue weighted by Crippen LogP contribution is 2.19. The van der Waals surface area contributed by atoms with Gasteiger partial charge in [0.05, 0.1) is 11.6 Å². The average molecular weight is 288 g/mol. The van der Waals surface area contributed by atoms with Crippen LogP contribution in [0.4, 0.5) is 0 Å². The quantitative estimate of drug-likeness (QED) is 0.693. The van der Waals surface area contributed by atoms with Crippen LogP contribution in [0.2, 0.25) is 5.15 Å². The molecule has 0 spiro atoms. The van der Waals surface area contributed by atoms with Crippen LogP contribution in [0.3, 0.4) is 0 Å². The van der Waals surface area contributed by atoms with Gasteiger partial charge in [-0.15, -0.1) is 0 Å². The van der Waals surface area contributed by atoms with Gasteiger partial charge in [0.1, 0.15) is 23.1 Å². The maximum Gasteiger partial charge on any atom is 0.192 e. The Bertz CT molecular complexity index is 796. The third kappa shape index (κ3) is 2.65. The lowest BCUT2D eigenvalue weighted by molar-refractivity contribution is 0.306. The van der Waals surface area contributed by atoms with E-state index in [1.807, 2.05) is 6.07 Å². The summed E-state index contributed by atoms with van der Waals surface area (Å²) in [7, 11) is 0. The van der Waals surface area contributed by atoms with E-state index in [1.165, 1.54) is 12.3 Å². The Kier molecular flexibility index (Phi) is 3.39. The Morgan fingerprint density at radius 1 is 1.20 bits per heavy atom. The summed E-state index contributed by atoms with van der Waals surface area (Å²) in [6.07, 6.45) is 3.03. The fourth-order valence-electron chi connectivity index (χ4n) is 1.81. The molecule has 0 N–H and O–H groups in total. The molecule has 2 aromatic heterocycles. The van der Waals surface area contributed by atoms with Gasteiger partial charge in [-0.1, -0.05) is 17.7 Å². The Morgan fingerprint density at radius 3 is 2.90 bits per heavy atom. The third-order valence-corrected chi connectivity index (χ3v) is 3.05. The minimum atomic E-state index is -0.0927. The summed E-state index contributed by atoms with van der Waals surface area (Å²) in [6.45, 7) is 0.355. The highest BCUT2D eigenvalue weighted by molar-refractivity contribution is 6.29. The van der Waals surface area contributed by atoms with Crippen molar-refractivity contribution >= 4 is 22.6 Å². The number of aromatic nitrogens is 1. The van der Waals surface area contributed by atoms with E-state index in [4.69, 9.17) is 20.8 Å². The van der Waals surface area contributed by atoms with E-state index in [1.54, 1.807) is 30.5 Å². The molecule has 100 valence electrons. The molecule has 0 amide bonds. The lowest BCUT2D eigenvalue weighted by Gasteiger charge is -2.06. The minimum absolute atomic E-state index is 0.0927. The van der Waals surface area contributed by atoms with Crippen molar-refractivity contribution in [2.75, 3.05) is 0 Å². The van der Waals surface area contributed by atoms with Crippen LogP contribution in [0.5, 0.6) is 5.75 Å². The Labute approximate surface area is 119 Å². The van der Waals surface area contributed by atoms with E-state index in [2.05, 4.69) is 4.98 Å². The zero-order chi connectivity index (χ0) is 13.9. The van der Waals surface area contributed by atoms with Crippen molar-refractivity contribution in [3.63, 3.8) is 0 Å². The highest BCUT2D eigenvalue weighted by atomic mass is 35.5. The number of benzene rings is 1. The van der Waals surface area contributed by atoms with Crippen molar-refractivity contribution < 1.29 is 9.15 Å². The maximum absolute atomic E-state index is 11.7. The van der Waals surface area contributed by atoms with Crippen molar-refractivity contribution in [3.8, 4) is 5.75 Å². The van der Waals surface area contributed by atoms with Crippen LogP contribution in [0.25, 0.3) is 11.0 Å². The van der Waals surface area contributed by atoms with E-state index in [0.717, 1.165) is 5.56 Å². The Morgan fingerprint density at radius 2 is 2.10 bits per heavy atom. The van der Waals surface area contributed by atoms with Gasteiger partial charge in [-0.05, 0) is 24.3 Å².